The average Bonchev–Trinajstić information content (AvgIpc) is 3.40. The van der Waals surface area contributed by atoms with E-state index >= 15 is 0 Å². The highest BCUT2D eigenvalue weighted by Crippen LogP contribution is 2.24. The number of nitrogens with zero attached hydrogens (tertiary/aromatic N) is 2. The molecular formula is C31H37N5O7S. The maximum Gasteiger partial charge on any atom is 0.323 e. The second-order valence-corrected chi connectivity index (χ2v) is 12.4. The van der Waals surface area contributed by atoms with Gasteiger partial charge in [-0.25, -0.2) is 13.4 Å². The van der Waals surface area contributed by atoms with Crippen LogP contribution in [0.3, 0.4) is 0 Å². The Kier molecular flexibility index (Phi) is 10.7. The summed E-state index contributed by atoms with van der Waals surface area (Å²) >= 11 is 0. The van der Waals surface area contributed by atoms with Gasteiger partial charge in [0.15, 0.2) is 0 Å². The number of sulfonamides is 1. The molecule has 2 amide bonds. The molecule has 3 aromatic rings. The number of aryl methyl sites for hydroxylation is 3. The number of rotatable bonds is 13. The molecule has 1 fully saturated rings. The minimum Gasteiger partial charge on any atom is -0.480 e. The zero-order valence-electron chi connectivity index (χ0n) is 24.8. The van der Waals surface area contributed by atoms with Crippen LogP contribution in [0.4, 0.5) is 5.82 Å². The molecule has 4 N–H and O–H groups in total. The molecular weight excluding hydrogens is 586 g/mol. The normalized spacial score (nSPS) is 17.2. The Bertz CT molecular complexity index is 1560. The standard InChI is InChI=1S/C31H37N5O7S/c1-20-13-21(2)29(22(3)14-20)44(41,42)35-26(31(39)40)17-34-28(37)19-43-25-15-24(16-33-27-11-7-8-12-32-27)36(18-25)30(38)23-9-5-4-6-10-23/h4-14,24-26,35H,15-19H2,1-3H3,(H,32,33)(H,34,37)(H,39,40)/t24-,25+,26-/m0/s1. The smallest absolute Gasteiger partial charge is 0.323 e. The third-order valence-corrected chi connectivity index (χ3v) is 9.04. The maximum atomic E-state index is 13.3. The molecule has 2 aromatic carbocycles. The molecule has 0 saturated carbocycles. The van der Waals surface area contributed by atoms with Gasteiger partial charge >= 0.3 is 5.97 Å². The van der Waals surface area contributed by atoms with E-state index in [-0.39, 0.29) is 23.4 Å². The van der Waals surface area contributed by atoms with Crippen LogP contribution in [0.15, 0.2) is 71.8 Å². The Morgan fingerprint density at radius 2 is 1.73 bits per heavy atom. The summed E-state index contributed by atoms with van der Waals surface area (Å²) in [7, 11) is -4.19. The van der Waals surface area contributed by atoms with Crippen molar-refractivity contribution in [3.05, 3.63) is 89.1 Å². The molecule has 1 saturated heterocycles. The molecule has 2 heterocycles. The van der Waals surface area contributed by atoms with E-state index in [1.54, 1.807) is 67.4 Å². The summed E-state index contributed by atoms with van der Waals surface area (Å²) in [6.07, 6.45) is 1.67. The minimum atomic E-state index is -4.19. The van der Waals surface area contributed by atoms with Crippen molar-refractivity contribution in [1.82, 2.24) is 19.9 Å². The third kappa shape index (κ3) is 8.40. The number of carbonyl (C=O) groups is 3. The van der Waals surface area contributed by atoms with Crippen molar-refractivity contribution in [2.24, 2.45) is 0 Å². The number of hydrogen-bond acceptors (Lipinski definition) is 8. The lowest BCUT2D eigenvalue weighted by Gasteiger charge is -2.25. The molecule has 0 bridgehead atoms. The van der Waals surface area contributed by atoms with Gasteiger partial charge in [-0.3, -0.25) is 14.4 Å². The van der Waals surface area contributed by atoms with E-state index in [2.05, 4.69) is 20.3 Å². The summed E-state index contributed by atoms with van der Waals surface area (Å²) in [5, 5.41) is 15.3. The first-order chi connectivity index (χ1) is 20.9. The zero-order valence-corrected chi connectivity index (χ0v) is 25.6. The first-order valence-electron chi connectivity index (χ1n) is 14.2. The Hall–Kier alpha value is -4.33. The first kappa shape index (κ1) is 32.6. The van der Waals surface area contributed by atoms with Gasteiger partial charge in [0.05, 0.1) is 17.0 Å². The Morgan fingerprint density at radius 1 is 1.05 bits per heavy atom. The van der Waals surface area contributed by atoms with E-state index < -0.39 is 47.2 Å². The molecule has 3 atom stereocenters. The highest BCUT2D eigenvalue weighted by molar-refractivity contribution is 7.89. The fourth-order valence-corrected chi connectivity index (χ4v) is 6.99. The van der Waals surface area contributed by atoms with Crippen LogP contribution in [-0.2, 0) is 24.3 Å². The van der Waals surface area contributed by atoms with Gasteiger partial charge in [-0.2, -0.15) is 4.72 Å². The average molecular weight is 624 g/mol. The summed E-state index contributed by atoms with van der Waals surface area (Å²) in [5.74, 6) is -1.55. The molecule has 0 aliphatic carbocycles. The quantitative estimate of drug-likeness (QED) is 0.223. The number of amides is 2. The van der Waals surface area contributed by atoms with Crippen LogP contribution >= 0.6 is 0 Å². The summed E-state index contributed by atoms with van der Waals surface area (Å²) in [5.41, 5.74) is 2.39. The number of carboxylic acid groups (broad SMARTS) is 1. The summed E-state index contributed by atoms with van der Waals surface area (Å²) in [6, 6.07) is 15.9. The van der Waals surface area contributed by atoms with Gasteiger partial charge in [-0.1, -0.05) is 42.0 Å². The Morgan fingerprint density at radius 3 is 2.36 bits per heavy atom. The molecule has 4 rings (SSSR count). The molecule has 1 aliphatic heterocycles. The van der Waals surface area contributed by atoms with Crippen molar-refractivity contribution >= 4 is 33.6 Å². The van der Waals surface area contributed by atoms with E-state index in [0.717, 1.165) is 5.56 Å². The zero-order chi connectivity index (χ0) is 31.9. The van der Waals surface area contributed by atoms with Crippen molar-refractivity contribution in [1.29, 1.82) is 0 Å². The molecule has 13 heteroatoms. The second kappa shape index (κ2) is 14.4. The van der Waals surface area contributed by atoms with E-state index in [1.165, 1.54) is 0 Å². The number of likely N-dealkylation sites (tertiary alicyclic amines) is 1. The van der Waals surface area contributed by atoms with E-state index in [1.807, 2.05) is 25.1 Å². The van der Waals surface area contributed by atoms with Crippen molar-refractivity contribution in [2.75, 3.05) is 31.6 Å². The van der Waals surface area contributed by atoms with Gasteiger partial charge in [0.2, 0.25) is 15.9 Å². The van der Waals surface area contributed by atoms with Crippen molar-refractivity contribution in [3.8, 4) is 0 Å². The minimum absolute atomic E-state index is 0.00642. The lowest BCUT2D eigenvalue weighted by molar-refractivity contribution is -0.139. The van der Waals surface area contributed by atoms with Gasteiger partial charge in [-0.15, -0.1) is 0 Å². The van der Waals surface area contributed by atoms with Crippen LogP contribution in [0.25, 0.3) is 0 Å². The molecule has 1 aromatic heterocycles. The predicted octanol–water partition coefficient (Wildman–Crippen LogP) is 2.27. The number of benzene rings is 2. The lowest BCUT2D eigenvalue weighted by Crippen LogP contribution is -2.49. The van der Waals surface area contributed by atoms with Crippen LogP contribution in [0.1, 0.15) is 33.5 Å². The van der Waals surface area contributed by atoms with Crippen LogP contribution < -0.4 is 15.4 Å². The van der Waals surface area contributed by atoms with E-state index in [9.17, 15) is 27.9 Å². The number of hydrogen-bond donors (Lipinski definition) is 4. The number of anilines is 1. The molecule has 0 radical (unpaired) electrons. The topological polar surface area (TPSA) is 167 Å². The highest BCUT2D eigenvalue weighted by atomic mass is 32.2. The molecule has 44 heavy (non-hydrogen) atoms. The highest BCUT2D eigenvalue weighted by Gasteiger charge is 2.36. The summed E-state index contributed by atoms with van der Waals surface area (Å²) in [6.45, 7) is 4.91. The van der Waals surface area contributed by atoms with Crippen molar-refractivity contribution < 1.29 is 32.6 Å². The number of nitrogens with one attached hydrogen (secondary N) is 3. The van der Waals surface area contributed by atoms with Crippen LogP contribution in [0.2, 0.25) is 0 Å². The fraction of sp³-hybridized carbons (Fsp3) is 0.355. The van der Waals surface area contributed by atoms with Crippen molar-refractivity contribution in [3.63, 3.8) is 0 Å². The lowest BCUT2D eigenvalue weighted by atomic mass is 10.1. The number of aromatic nitrogens is 1. The molecule has 12 nitrogen and oxygen atoms in total. The number of pyridine rings is 1. The molecule has 0 unspecified atom stereocenters. The largest absolute Gasteiger partial charge is 0.480 e. The molecule has 234 valence electrons. The van der Waals surface area contributed by atoms with Gasteiger partial charge in [0, 0.05) is 31.4 Å². The maximum absolute atomic E-state index is 13.3. The van der Waals surface area contributed by atoms with E-state index in [4.69, 9.17) is 4.74 Å². The fourth-order valence-electron chi connectivity index (χ4n) is 5.35. The van der Waals surface area contributed by atoms with Crippen LogP contribution in [0, 0.1) is 20.8 Å². The summed E-state index contributed by atoms with van der Waals surface area (Å²) in [4.78, 5) is 43.8. The number of ether oxygens (including phenoxy) is 1. The SMILES string of the molecule is Cc1cc(C)c(S(=O)(=O)N[C@@H](CNC(=O)CO[C@@H]2C[C@@H](CNc3ccccn3)N(C(=O)c3ccccc3)C2)C(=O)O)c(C)c1. The Balaban J connectivity index is 1.34. The van der Waals surface area contributed by atoms with E-state index in [0.29, 0.717) is 35.5 Å². The number of carbonyl (C=O) groups excluding carboxylic acids is 2. The molecule has 1 aliphatic rings. The third-order valence-electron chi connectivity index (χ3n) is 7.26. The number of aliphatic carboxylic acids is 1. The molecule has 0 spiro atoms. The summed E-state index contributed by atoms with van der Waals surface area (Å²) < 4.78 is 34.1. The number of carboxylic acids is 1. The van der Waals surface area contributed by atoms with Gasteiger partial charge in [-0.05, 0) is 62.6 Å². The Labute approximate surface area is 256 Å². The van der Waals surface area contributed by atoms with Gasteiger partial charge in [0.25, 0.3) is 5.91 Å². The van der Waals surface area contributed by atoms with Crippen molar-refractivity contribution in [2.45, 2.75) is 50.3 Å². The second-order valence-electron chi connectivity index (χ2n) is 10.8. The van der Waals surface area contributed by atoms with Crippen LogP contribution in [0.5, 0.6) is 0 Å². The first-order valence-corrected chi connectivity index (χ1v) is 15.6. The predicted molar refractivity (Wildman–Crippen MR) is 164 cm³/mol. The van der Waals surface area contributed by atoms with Gasteiger partial charge < -0.3 is 25.4 Å². The van der Waals surface area contributed by atoms with Crippen LogP contribution in [-0.4, -0.2) is 85.6 Å². The monoisotopic (exact) mass is 623 g/mol. The van der Waals surface area contributed by atoms with Gasteiger partial charge in [0.1, 0.15) is 18.5 Å².